The second-order valence-corrected chi connectivity index (χ2v) is 9.76. The van der Waals surface area contributed by atoms with Crippen molar-refractivity contribution in [1.82, 2.24) is 10.2 Å². The number of carbonyl (C=O) groups excluding carboxylic acids is 2. The normalized spacial score (nSPS) is 31.9. The number of carbonyl (C=O) groups is 2. The number of amides is 2. The second-order valence-electron chi connectivity index (χ2n) is 9.76. The van der Waals surface area contributed by atoms with Crippen molar-refractivity contribution in [2.75, 3.05) is 13.1 Å². The summed E-state index contributed by atoms with van der Waals surface area (Å²) in [5.74, 6) is 2.43. The fourth-order valence-corrected chi connectivity index (χ4v) is 4.94. The van der Waals surface area contributed by atoms with E-state index >= 15 is 0 Å². The predicted octanol–water partition coefficient (Wildman–Crippen LogP) is 3.46. The summed E-state index contributed by atoms with van der Waals surface area (Å²) < 4.78 is 0. The SMILES string of the molecule is CCC(=O)NC1CC(C(=O)N2CC3C(C2)C3c2cccc(C(C)(C)C)c2)C1. The molecule has 1 aliphatic heterocycles. The van der Waals surface area contributed by atoms with Crippen LogP contribution in [0, 0.1) is 17.8 Å². The summed E-state index contributed by atoms with van der Waals surface area (Å²) in [5.41, 5.74) is 3.03. The van der Waals surface area contributed by atoms with E-state index in [0.29, 0.717) is 30.1 Å². The molecule has 1 aromatic rings. The molecule has 4 heteroatoms. The summed E-state index contributed by atoms with van der Waals surface area (Å²) in [6.45, 7) is 10.5. The highest BCUT2D eigenvalue weighted by molar-refractivity contribution is 5.81. The van der Waals surface area contributed by atoms with E-state index in [1.165, 1.54) is 11.1 Å². The molecular weight excluding hydrogens is 336 g/mol. The Balaban J connectivity index is 1.29. The topological polar surface area (TPSA) is 49.4 Å². The molecule has 1 aromatic carbocycles. The summed E-state index contributed by atoms with van der Waals surface area (Å²) in [7, 11) is 0. The maximum atomic E-state index is 12.7. The zero-order valence-corrected chi connectivity index (χ0v) is 17.0. The summed E-state index contributed by atoms with van der Waals surface area (Å²) in [6.07, 6.45) is 2.14. The maximum Gasteiger partial charge on any atom is 0.225 e. The van der Waals surface area contributed by atoms with E-state index in [-0.39, 0.29) is 23.3 Å². The van der Waals surface area contributed by atoms with Crippen molar-refractivity contribution in [2.24, 2.45) is 17.8 Å². The Morgan fingerprint density at radius 2 is 1.81 bits per heavy atom. The molecule has 146 valence electrons. The smallest absolute Gasteiger partial charge is 0.225 e. The molecule has 3 aliphatic rings. The summed E-state index contributed by atoms with van der Waals surface area (Å²) in [5, 5.41) is 3.00. The maximum absolute atomic E-state index is 12.7. The van der Waals surface area contributed by atoms with Gasteiger partial charge < -0.3 is 10.2 Å². The molecule has 2 unspecified atom stereocenters. The Labute approximate surface area is 162 Å². The number of hydrogen-bond donors (Lipinski definition) is 1. The number of benzene rings is 1. The van der Waals surface area contributed by atoms with Crippen LogP contribution < -0.4 is 5.32 Å². The lowest BCUT2D eigenvalue weighted by Gasteiger charge is -2.37. The van der Waals surface area contributed by atoms with Crippen LogP contribution in [0.25, 0.3) is 0 Å². The number of fused-ring (bicyclic) bond motifs is 1. The fraction of sp³-hybridized carbons (Fsp3) is 0.652. The zero-order chi connectivity index (χ0) is 19.3. The molecule has 0 spiro atoms. The van der Waals surface area contributed by atoms with Crippen LogP contribution in [-0.4, -0.2) is 35.8 Å². The van der Waals surface area contributed by atoms with Gasteiger partial charge in [0.15, 0.2) is 0 Å². The van der Waals surface area contributed by atoms with E-state index in [1.54, 1.807) is 0 Å². The first kappa shape index (κ1) is 18.5. The molecule has 27 heavy (non-hydrogen) atoms. The first-order chi connectivity index (χ1) is 12.8. The zero-order valence-electron chi connectivity index (χ0n) is 17.0. The number of likely N-dealkylation sites (tertiary alicyclic amines) is 1. The highest BCUT2D eigenvalue weighted by Crippen LogP contribution is 2.58. The highest BCUT2D eigenvalue weighted by Gasteiger charge is 2.57. The van der Waals surface area contributed by atoms with E-state index in [9.17, 15) is 9.59 Å². The Hall–Kier alpha value is -1.84. The molecule has 1 heterocycles. The molecule has 0 radical (unpaired) electrons. The minimum atomic E-state index is 0.0913. The molecule has 2 aliphatic carbocycles. The van der Waals surface area contributed by atoms with Crippen molar-refractivity contribution in [2.45, 2.75) is 64.3 Å². The van der Waals surface area contributed by atoms with Gasteiger partial charge in [0, 0.05) is 31.5 Å². The molecule has 2 saturated carbocycles. The Kier molecular flexibility index (Phi) is 4.56. The van der Waals surface area contributed by atoms with Crippen LogP contribution in [0.15, 0.2) is 24.3 Å². The van der Waals surface area contributed by atoms with Crippen LogP contribution in [0.2, 0.25) is 0 Å². The van der Waals surface area contributed by atoms with Crippen LogP contribution in [0.3, 0.4) is 0 Å². The number of piperidine rings is 1. The van der Waals surface area contributed by atoms with Crippen LogP contribution in [-0.2, 0) is 15.0 Å². The predicted molar refractivity (Wildman–Crippen MR) is 106 cm³/mol. The lowest BCUT2D eigenvalue weighted by atomic mass is 9.79. The first-order valence-electron chi connectivity index (χ1n) is 10.5. The lowest BCUT2D eigenvalue weighted by molar-refractivity contribution is -0.139. The molecule has 2 amide bonds. The van der Waals surface area contributed by atoms with Crippen molar-refractivity contribution in [3.05, 3.63) is 35.4 Å². The summed E-state index contributed by atoms with van der Waals surface area (Å²) in [6, 6.07) is 9.25. The van der Waals surface area contributed by atoms with Gasteiger partial charge in [-0.2, -0.15) is 0 Å². The van der Waals surface area contributed by atoms with Crippen molar-refractivity contribution >= 4 is 11.8 Å². The standard InChI is InChI=1S/C23H32N2O2/c1-5-20(26)24-17-10-15(11-17)22(27)25-12-18-19(13-25)21(18)14-7-6-8-16(9-14)23(2,3)4/h6-9,15,17-19,21H,5,10-13H2,1-4H3,(H,24,26). The van der Waals surface area contributed by atoms with Crippen LogP contribution in [0.1, 0.15) is 64.0 Å². The van der Waals surface area contributed by atoms with Gasteiger partial charge in [0.05, 0.1) is 0 Å². The molecule has 4 rings (SSSR count). The third kappa shape index (κ3) is 3.51. The molecule has 0 aromatic heterocycles. The first-order valence-corrected chi connectivity index (χ1v) is 10.5. The minimum absolute atomic E-state index is 0.0913. The Bertz CT molecular complexity index is 733. The third-order valence-corrected chi connectivity index (χ3v) is 6.82. The minimum Gasteiger partial charge on any atom is -0.353 e. The highest BCUT2D eigenvalue weighted by atomic mass is 16.2. The molecule has 0 bridgehead atoms. The molecular formula is C23H32N2O2. The van der Waals surface area contributed by atoms with Crippen LogP contribution in [0.5, 0.6) is 0 Å². The van der Waals surface area contributed by atoms with Crippen molar-refractivity contribution in [1.29, 1.82) is 0 Å². The largest absolute Gasteiger partial charge is 0.353 e. The fourth-order valence-electron chi connectivity index (χ4n) is 4.94. The molecule has 2 atom stereocenters. The van der Waals surface area contributed by atoms with Crippen molar-refractivity contribution < 1.29 is 9.59 Å². The summed E-state index contributed by atoms with van der Waals surface area (Å²) in [4.78, 5) is 26.3. The number of nitrogens with one attached hydrogen (secondary N) is 1. The van der Waals surface area contributed by atoms with Crippen LogP contribution >= 0.6 is 0 Å². The van der Waals surface area contributed by atoms with E-state index in [4.69, 9.17) is 0 Å². The van der Waals surface area contributed by atoms with Crippen molar-refractivity contribution in [3.8, 4) is 0 Å². The average Bonchev–Trinajstić information content (AvgIpc) is 3.10. The Morgan fingerprint density at radius 1 is 1.15 bits per heavy atom. The van der Waals surface area contributed by atoms with E-state index in [2.05, 4.69) is 55.3 Å². The van der Waals surface area contributed by atoms with Gasteiger partial charge in [-0.3, -0.25) is 9.59 Å². The molecule has 4 nitrogen and oxygen atoms in total. The van der Waals surface area contributed by atoms with Crippen molar-refractivity contribution in [3.63, 3.8) is 0 Å². The second kappa shape index (κ2) is 6.65. The molecule has 1 N–H and O–H groups in total. The molecule has 3 fully saturated rings. The van der Waals surface area contributed by atoms with Gasteiger partial charge in [-0.1, -0.05) is 52.0 Å². The van der Waals surface area contributed by atoms with Gasteiger partial charge >= 0.3 is 0 Å². The van der Waals surface area contributed by atoms with Gasteiger partial charge in [0.2, 0.25) is 11.8 Å². The quantitative estimate of drug-likeness (QED) is 0.885. The van der Waals surface area contributed by atoms with Gasteiger partial charge in [0.1, 0.15) is 0 Å². The van der Waals surface area contributed by atoms with Gasteiger partial charge in [-0.15, -0.1) is 0 Å². The van der Waals surface area contributed by atoms with Crippen LogP contribution in [0.4, 0.5) is 0 Å². The van der Waals surface area contributed by atoms with E-state index < -0.39 is 0 Å². The summed E-state index contributed by atoms with van der Waals surface area (Å²) >= 11 is 0. The number of rotatable bonds is 4. The van der Waals surface area contributed by atoms with E-state index in [0.717, 1.165) is 25.9 Å². The lowest BCUT2D eigenvalue weighted by Crippen LogP contribution is -2.50. The monoisotopic (exact) mass is 368 g/mol. The Morgan fingerprint density at radius 3 is 2.41 bits per heavy atom. The molecule has 1 saturated heterocycles. The average molecular weight is 369 g/mol. The van der Waals surface area contributed by atoms with E-state index in [1.807, 2.05) is 6.92 Å². The van der Waals surface area contributed by atoms with Gasteiger partial charge in [-0.25, -0.2) is 0 Å². The van der Waals surface area contributed by atoms with Gasteiger partial charge in [0.25, 0.3) is 0 Å². The number of nitrogens with zero attached hydrogens (tertiary/aromatic N) is 1. The number of hydrogen-bond acceptors (Lipinski definition) is 2. The van der Waals surface area contributed by atoms with Gasteiger partial charge in [-0.05, 0) is 47.1 Å². The third-order valence-electron chi connectivity index (χ3n) is 6.82.